The second-order valence-corrected chi connectivity index (χ2v) is 8.18. The average molecular weight is 429 g/mol. The van der Waals surface area contributed by atoms with Gasteiger partial charge in [0, 0.05) is 37.0 Å². The summed E-state index contributed by atoms with van der Waals surface area (Å²) in [4.78, 5) is 17.3. The summed E-state index contributed by atoms with van der Waals surface area (Å²) >= 11 is 0. The van der Waals surface area contributed by atoms with Crippen LogP contribution >= 0.6 is 0 Å². The maximum atomic E-state index is 9.83. The SMILES string of the molecule is Cn1c(N=C(N)/C=C2\NCCC23CCC3)nc2ncc(Oc3ccnc(N)c3)c(C#N)c21. The summed E-state index contributed by atoms with van der Waals surface area (Å²) in [6, 6.07) is 5.42. The van der Waals surface area contributed by atoms with Crippen LogP contribution in [0.3, 0.4) is 0 Å². The molecule has 32 heavy (non-hydrogen) atoms. The summed E-state index contributed by atoms with van der Waals surface area (Å²) in [6.07, 6.45) is 9.67. The van der Waals surface area contributed by atoms with E-state index in [0.29, 0.717) is 45.8 Å². The molecule has 0 aromatic carbocycles. The first-order chi connectivity index (χ1) is 15.5. The number of nitriles is 1. The van der Waals surface area contributed by atoms with Crippen LogP contribution in [0.5, 0.6) is 11.5 Å². The second kappa shape index (κ2) is 7.53. The summed E-state index contributed by atoms with van der Waals surface area (Å²) in [6.45, 7) is 0.965. The molecule has 0 amide bonds. The average Bonchev–Trinajstić information content (AvgIpc) is 3.30. The van der Waals surface area contributed by atoms with Crippen molar-refractivity contribution in [2.24, 2.45) is 23.2 Å². The fourth-order valence-electron chi connectivity index (χ4n) is 4.43. The summed E-state index contributed by atoms with van der Waals surface area (Å²) in [7, 11) is 1.77. The number of pyridine rings is 2. The zero-order chi connectivity index (χ0) is 22.3. The molecule has 5 N–H and O–H groups in total. The highest BCUT2D eigenvalue weighted by molar-refractivity contribution is 5.94. The number of nitrogens with zero attached hydrogens (tertiary/aromatic N) is 6. The minimum absolute atomic E-state index is 0.241. The maximum Gasteiger partial charge on any atom is 0.233 e. The number of ether oxygens (including phenoxy) is 1. The van der Waals surface area contributed by atoms with E-state index in [1.165, 1.54) is 31.7 Å². The molecule has 0 unspecified atom stereocenters. The molecule has 1 aliphatic heterocycles. The fraction of sp³-hybridized carbons (Fsp3) is 0.318. The van der Waals surface area contributed by atoms with Crippen LogP contribution in [0.15, 0.2) is 41.3 Å². The van der Waals surface area contributed by atoms with Crippen LogP contribution in [0.4, 0.5) is 11.8 Å². The van der Waals surface area contributed by atoms with Gasteiger partial charge in [-0.25, -0.2) is 9.97 Å². The Morgan fingerprint density at radius 1 is 1.38 bits per heavy atom. The lowest BCUT2D eigenvalue weighted by atomic mass is 9.66. The number of imidazole rings is 1. The zero-order valence-corrected chi connectivity index (χ0v) is 17.7. The number of aromatic nitrogens is 4. The summed E-state index contributed by atoms with van der Waals surface area (Å²) in [5.41, 5.74) is 14.6. The van der Waals surface area contributed by atoms with Crippen molar-refractivity contribution in [1.29, 1.82) is 5.26 Å². The van der Waals surface area contributed by atoms with Crippen LogP contribution in [0, 0.1) is 16.7 Å². The molecule has 1 saturated carbocycles. The Bertz CT molecular complexity index is 1310. The Hall–Kier alpha value is -4.13. The van der Waals surface area contributed by atoms with Gasteiger partial charge in [0.1, 0.15) is 34.6 Å². The van der Waals surface area contributed by atoms with Gasteiger partial charge in [-0.3, -0.25) is 0 Å². The molecule has 2 aliphatic rings. The molecule has 1 spiro atoms. The van der Waals surface area contributed by atoms with Gasteiger partial charge in [0.15, 0.2) is 11.4 Å². The number of amidine groups is 1. The first-order valence-electron chi connectivity index (χ1n) is 10.4. The predicted octanol–water partition coefficient (Wildman–Crippen LogP) is 2.65. The fourth-order valence-corrected chi connectivity index (χ4v) is 4.43. The standard InChI is InChI=1S/C22H23N9O/c1-31-19-14(11-23)15(32-13-3-7-27-17(24)9-13)12-28-20(19)30-21(31)29-18(25)10-16-22(4-2-5-22)6-8-26-16/h3,7,9-10,12,26H,2,4-6,8H2,1H3,(H2,24,27)(H2,25,28,29,30)/b16-10-. The topological polar surface area (TPSA) is 153 Å². The first-order valence-corrected chi connectivity index (χ1v) is 10.4. The molecule has 0 bridgehead atoms. The van der Waals surface area contributed by atoms with Gasteiger partial charge in [0.2, 0.25) is 5.95 Å². The Morgan fingerprint density at radius 2 is 2.22 bits per heavy atom. The lowest BCUT2D eigenvalue weighted by Crippen LogP contribution is -2.30. The van der Waals surface area contributed by atoms with E-state index in [9.17, 15) is 5.26 Å². The molecule has 1 saturated heterocycles. The van der Waals surface area contributed by atoms with Gasteiger partial charge in [0.05, 0.1) is 6.20 Å². The number of nitrogen functional groups attached to an aromatic ring is 1. The minimum Gasteiger partial charge on any atom is -0.454 e. The number of aliphatic imine (C=N–C) groups is 1. The maximum absolute atomic E-state index is 9.83. The number of nitrogens with two attached hydrogens (primary N) is 2. The molecular weight excluding hydrogens is 406 g/mol. The van der Waals surface area contributed by atoms with E-state index in [4.69, 9.17) is 16.2 Å². The Labute approximate surface area is 184 Å². The Morgan fingerprint density at radius 3 is 2.94 bits per heavy atom. The molecule has 3 aromatic heterocycles. The van der Waals surface area contributed by atoms with Gasteiger partial charge in [-0.15, -0.1) is 0 Å². The van der Waals surface area contributed by atoms with E-state index < -0.39 is 0 Å². The van der Waals surface area contributed by atoms with Crippen LogP contribution in [0.2, 0.25) is 0 Å². The second-order valence-electron chi connectivity index (χ2n) is 8.18. The summed E-state index contributed by atoms with van der Waals surface area (Å²) < 4.78 is 7.54. The molecule has 162 valence electrons. The van der Waals surface area contributed by atoms with E-state index in [1.807, 2.05) is 6.08 Å². The lowest BCUT2D eigenvalue weighted by Gasteiger charge is -2.38. The molecule has 4 heterocycles. The molecule has 5 rings (SSSR count). The van der Waals surface area contributed by atoms with Crippen LogP contribution in [-0.4, -0.2) is 31.9 Å². The molecule has 0 atom stereocenters. The van der Waals surface area contributed by atoms with Crippen molar-refractivity contribution in [3.05, 3.63) is 41.9 Å². The minimum atomic E-state index is 0.241. The number of hydrogen-bond donors (Lipinski definition) is 3. The third-order valence-corrected chi connectivity index (χ3v) is 6.25. The van der Waals surface area contributed by atoms with Crippen molar-refractivity contribution >= 4 is 28.8 Å². The van der Waals surface area contributed by atoms with Crippen LogP contribution in [0.25, 0.3) is 11.2 Å². The summed E-state index contributed by atoms with van der Waals surface area (Å²) in [5, 5.41) is 13.3. The molecule has 10 heteroatoms. The molecule has 10 nitrogen and oxygen atoms in total. The van der Waals surface area contributed by atoms with Gasteiger partial charge in [-0.05, 0) is 31.4 Å². The van der Waals surface area contributed by atoms with Crippen molar-refractivity contribution in [2.45, 2.75) is 25.7 Å². The largest absolute Gasteiger partial charge is 0.454 e. The van der Waals surface area contributed by atoms with Gasteiger partial charge < -0.3 is 26.1 Å². The molecule has 3 aromatic rings. The smallest absolute Gasteiger partial charge is 0.233 e. The first kappa shape index (κ1) is 19.8. The van der Waals surface area contributed by atoms with Crippen molar-refractivity contribution in [2.75, 3.05) is 12.3 Å². The van der Waals surface area contributed by atoms with Crippen molar-refractivity contribution < 1.29 is 4.74 Å². The van der Waals surface area contributed by atoms with Crippen molar-refractivity contribution in [3.63, 3.8) is 0 Å². The van der Waals surface area contributed by atoms with E-state index in [2.05, 4.69) is 31.3 Å². The number of anilines is 1. The number of allylic oxidation sites excluding steroid dienone is 1. The summed E-state index contributed by atoms with van der Waals surface area (Å²) in [5.74, 6) is 1.80. The quantitative estimate of drug-likeness (QED) is 0.422. The third-order valence-electron chi connectivity index (χ3n) is 6.25. The van der Waals surface area contributed by atoms with E-state index in [0.717, 1.165) is 18.7 Å². The van der Waals surface area contributed by atoms with E-state index in [-0.39, 0.29) is 5.41 Å². The highest BCUT2D eigenvalue weighted by atomic mass is 16.5. The lowest BCUT2D eigenvalue weighted by molar-refractivity contribution is 0.197. The molecule has 2 fully saturated rings. The molecular formula is C22H23N9O. The van der Waals surface area contributed by atoms with Crippen molar-refractivity contribution in [3.8, 4) is 17.6 Å². The number of fused-ring (bicyclic) bond motifs is 1. The number of nitrogens with one attached hydrogen (secondary N) is 1. The number of rotatable bonds is 4. The number of aryl methyl sites for hydroxylation is 1. The van der Waals surface area contributed by atoms with Crippen LogP contribution < -0.4 is 21.5 Å². The van der Waals surface area contributed by atoms with Crippen LogP contribution in [0.1, 0.15) is 31.2 Å². The van der Waals surface area contributed by atoms with Crippen molar-refractivity contribution in [1.82, 2.24) is 24.8 Å². The van der Waals surface area contributed by atoms with Gasteiger partial charge in [-0.2, -0.15) is 15.2 Å². The van der Waals surface area contributed by atoms with Gasteiger partial charge >= 0.3 is 0 Å². The van der Waals surface area contributed by atoms with Gasteiger partial charge in [0.25, 0.3) is 0 Å². The normalized spacial score (nSPS) is 18.5. The Kier molecular flexibility index (Phi) is 4.66. The predicted molar refractivity (Wildman–Crippen MR) is 120 cm³/mol. The highest BCUT2D eigenvalue weighted by Crippen LogP contribution is 2.51. The van der Waals surface area contributed by atoms with Crippen LogP contribution in [-0.2, 0) is 7.05 Å². The third kappa shape index (κ3) is 3.28. The van der Waals surface area contributed by atoms with E-state index in [1.54, 1.807) is 23.7 Å². The molecule has 0 radical (unpaired) electrons. The highest BCUT2D eigenvalue weighted by Gasteiger charge is 2.43. The van der Waals surface area contributed by atoms with E-state index >= 15 is 0 Å². The number of hydrogen-bond acceptors (Lipinski definition) is 8. The van der Waals surface area contributed by atoms with Gasteiger partial charge in [-0.1, -0.05) is 6.42 Å². The zero-order valence-electron chi connectivity index (χ0n) is 17.7. The molecule has 1 aliphatic carbocycles. The monoisotopic (exact) mass is 429 g/mol. The Balaban J connectivity index is 1.51.